The molecule has 0 bridgehead atoms. The molecule has 0 aliphatic carbocycles. The Morgan fingerprint density at radius 3 is 2.48 bits per heavy atom. The fourth-order valence-corrected chi connectivity index (χ4v) is 3.46. The molecule has 25 heavy (non-hydrogen) atoms. The maximum absolute atomic E-state index is 12.8. The number of nitrogens with zero attached hydrogens (tertiary/aromatic N) is 7. The highest BCUT2D eigenvalue weighted by Gasteiger charge is 2.29. The van der Waals surface area contributed by atoms with Gasteiger partial charge in [-0.15, -0.1) is 5.10 Å². The Labute approximate surface area is 145 Å². The maximum Gasteiger partial charge on any atom is 0.293 e. The van der Waals surface area contributed by atoms with Crippen LogP contribution in [0.15, 0.2) is 12.5 Å². The Morgan fingerprint density at radius 2 is 1.76 bits per heavy atom. The smallest absolute Gasteiger partial charge is 0.293 e. The van der Waals surface area contributed by atoms with E-state index >= 15 is 0 Å². The van der Waals surface area contributed by atoms with E-state index < -0.39 is 0 Å². The highest BCUT2D eigenvalue weighted by Crippen LogP contribution is 2.21. The first-order valence-corrected chi connectivity index (χ1v) is 8.62. The number of rotatable bonds is 2. The number of fused-ring (bicyclic) bond motifs is 1. The molecule has 1 saturated heterocycles. The number of hydrogen-bond acceptors (Lipinski definition) is 5. The quantitative estimate of drug-likeness (QED) is 0.782. The minimum absolute atomic E-state index is 0.0176. The third-order valence-electron chi connectivity index (χ3n) is 4.79. The van der Waals surface area contributed by atoms with Gasteiger partial charge >= 0.3 is 0 Å². The molecular formula is C16H21N7O2. The molecule has 9 heteroatoms. The topological polar surface area (TPSA) is 89.2 Å². The molecule has 0 saturated carbocycles. The van der Waals surface area contributed by atoms with Crippen molar-refractivity contribution in [1.82, 2.24) is 34.3 Å². The molecule has 9 nitrogen and oxygen atoms in total. The summed E-state index contributed by atoms with van der Waals surface area (Å²) >= 11 is 0. The summed E-state index contributed by atoms with van der Waals surface area (Å²) in [7, 11) is 1.73. The van der Waals surface area contributed by atoms with Gasteiger partial charge in [0.1, 0.15) is 6.33 Å². The van der Waals surface area contributed by atoms with E-state index in [1.165, 1.54) is 11.0 Å². The minimum Gasteiger partial charge on any atom is -0.339 e. The summed E-state index contributed by atoms with van der Waals surface area (Å²) in [5.74, 6) is -0.0123. The summed E-state index contributed by atoms with van der Waals surface area (Å²) < 4.78 is 3.36. The SMILES string of the molecule is Cn1cnc(C(=O)N2CCCn3ncc(C(=O)N4CCCC4)c3C2)n1. The number of hydrogen-bond donors (Lipinski definition) is 0. The molecular weight excluding hydrogens is 322 g/mol. The van der Waals surface area contributed by atoms with Crippen LogP contribution in [0.1, 0.15) is 45.9 Å². The number of carbonyl (C=O) groups is 2. The minimum atomic E-state index is -0.213. The molecule has 0 unspecified atom stereocenters. The first-order valence-electron chi connectivity index (χ1n) is 8.62. The van der Waals surface area contributed by atoms with E-state index in [2.05, 4.69) is 15.2 Å². The van der Waals surface area contributed by atoms with Gasteiger partial charge in [-0.2, -0.15) is 5.10 Å². The van der Waals surface area contributed by atoms with Gasteiger partial charge in [-0.1, -0.05) is 0 Å². The van der Waals surface area contributed by atoms with Crippen LogP contribution in [0.2, 0.25) is 0 Å². The van der Waals surface area contributed by atoms with Crippen molar-refractivity contribution < 1.29 is 9.59 Å². The molecule has 2 aromatic heterocycles. The molecule has 2 aliphatic heterocycles. The third-order valence-corrected chi connectivity index (χ3v) is 4.79. The molecule has 0 N–H and O–H groups in total. The van der Waals surface area contributed by atoms with Gasteiger partial charge < -0.3 is 9.80 Å². The Balaban J connectivity index is 1.60. The molecule has 2 aromatic rings. The van der Waals surface area contributed by atoms with Gasteiger partial charge in [0, 0.05) is 33.2 Å². The molecule has 0 aromatic carbocycles. The van der Waals surface area contributed by atoms with Crippen LogP contribution in [0.4, 0.5) is 0 Å². The van der Waals surface area contributed by atoms with Gasteiger partial charge in [0.2, 0.25) is 5.82 Å². The van der Waals surface area contributed by atoms with Crippen molar-refractivity contribution in [1.29, 1.82) is 0 Å². The molecule has 0 atom stereocenters. The Bertz CT molecular complexity index is 803. The molecule has 0 spiro atoms. The van der Waals surface area contributed by atoms with E-state index in [1.54, 1.807) is 18.1 Å². The first kappa shape index (κ1) is 15.8. The van der Waals surface area contributed by atoms with Gasteiger partial charge in [0.25, 0.3) is 11.8 Å². The number of carbonyl (C=O) groups excluding carboxylic acids is 2. The summed E-state index contributed by atoms with van der Waals surface area (Å²) in [4.78, 5) is 33.1. The molecule has 2 amide bonds. The van der Waals surface area contributed by atoms with Crippen LogP contribution in [-0.2, 0) is 20.1 Å². The second-order valence-electron chi connectivity index (χ2n) is 6.55. The first-order chi connectivity index (χ1) is 12.1. The van der Waals surface area contributed by atoms with Crippen molar-refractivity contribution in [3.05, 3.63) is 29.6 Å². The van der Waals surface area contributed by atoms with E-state index in [4.69, 9.17) is 0 Å². The lowest BCUT2D eigenvalue weighted by atomic mass is 10.2. The van der Waals surface area contributed by atoms with Crippen molar-refractivity contribution in [2.24, 2.45) is 7.05 Å². The van der Waals surface area contributed by atoms with Crippen LogP contribution in [0.25, 0.3) is 0 Å². The standard InChI is InChI=1S/C16H21N7O2/c1-20-11-17-14(19-20)16(25)22-7-4-8-23-13(10-22)12(9-18-23)15(24)21-5-2-3-6-21/h9,11H,2-8,10H2,1H3. The molecule has 0 radical (unpaired) electrons. The molecule has 2 aliphatic rings. The Morgan fingerprint density at radius 1 is 1.00 bits per heavy atom. The van der Waals surface area contributed by atoms with Gasteiger partial charge in [0.05, 0.1) is 24.0 Å². The van der Waals surface area contributed by atoms with E-state index in [0.717, 1.165) is 38.0 Å². The molecule has 4 heterocycles. The van der Waals surface area contributed by atoms with Crippen molar-refractivity contribution in [2.45, 2.75) is 32.4 Å². The van der Waals surface area contributed by atoms with Gasteiger partial charge in [0.15, 0.2) is 0 Å². The van der Waals surface area contributed by atoms with Crippen molar-refractivity contribution in [3.63, 3.8) is 0 Å². The summed E-state index contributed by atoms with van der Waals surface area (Å²) in [5.41, 5.74) is 1.41. The summed E-state index contributed by atoms with van der Waals surface area (Å²) in [5, 5.41) is 8.47. The van der Waals surface area contributed by atoms with E-state index in [9.17, 15) is 9.59 Å². The predicted molar refractivity (Wildman–Crippen MR) is 87.7 cm³/mol. The zero-order valence-corrected chi connectivity index (χ0v) is 14.3. The highest BCUT2D eigenvalue weighted by molar-refractivity contribution is 5.95. The highest BCUT2D eigenvalue weighted by atomic mass is 16.2. The van der Waals surface area contributed by atoms with Crippen molar-refractivity contribution in [3.8, 4) is 0 Å². The zero-order chi connectivity index (χ0) is 17.4. The second kappa shape index (κ2) is 6.30. The number of amides is 2. The Kier molecular flexibility index (Phi) is 3.98. The van der Waals surface area contributed by atoms with Crippen molar-refractivity contribution >= 4 is 11.8 Å². The zero-order valence-electron chi connectivity index (χ0n) is 14.3. The van der Waals surface area contributed by atoms with Gasteiger partial charge in [-0.3, -0.25) is 19.0 Å². The average Bonchev–Trinajstić information content (AvgIpc) is 3.33. The number of aryl methyl sites for hydroxylation is 2. The molecule has 4 rings (SSSR count). The molecule has 1 fully saturated rings. The number of aromatic nitrogens is 5. The lowest BCUT2D eigenvalue weighted by Gasteiger charge is -2.20. The van der Waals surface area contributed by atoms with Gasteiger partial charge in [-0.25, -0.2) is 4.98 Å². The monoisotopic (exact) mass is 343 g/mol. The normalized spacial score (nSPS) is 17.5. The largest absolute Gasteiger partial charge is 0.339 e. The lowest BCUT2D eigenvalue weighted by molar-refractivity contribution is 0.0724. The number of likely N-dealkylation sites (tertiary alicyclic amines) is 1. The second-order valence-corrected chi connectivity index (χ2v) is 6.55. The summed E-state index contributed by atoms with van der Waals surface area (Å²) in [6.45, 7) is 3.24. The lowest BCUT2D eigenvalue weighted by Crippen LogP contribution is -2.33. The summed E-state index contributed by atoms with van der Waals surface area (Å²) in [6, 6.07) is 0. The fourth-order valence-electron chi connectivity index (χ4n) is 3.46. The van der Waals surface area contributed by atoms with Crippen LogP contribution in [0, 0.1) is 0 Å². The van der Waals surface area contributed by atoms with Crippen LogP contribution >= 0.6 is 0 Å². The molecule has 132 valence electrons. The summed E-state index contributed by atoms with van der Waals surface area (Å²) in [6.07, 6.45) is 6.03. The van der Waals surface area contributed by atoms with Crippen LogP contribution in [0.3, 0.4) is 0 Å². The van der Waals surface area contributed by atoms with Crippen LogP contribution < -0.4 is 0 Å². The van der Waals surface area contributed by atoms with Crippen molar-refractivity contribution in [2.75, 3.05) is 19.6 Å². The van der Waals surface area contributed by atoms with Crippen LogP contribution in [0.5, 0.6) is 0 Å². The third kappa shape index (κ3) is 2.90. The predicted octanol–water partition coefficient (Wildman–Crippen LogP) is 0.294. The van der Waals surface area contributed by atoms with E-state index in [-0.39, 0.29) is 17.6 Å². The fraction of sp³-hybridized carbons (Fsp3) is 0.562. The average molecular weight is 343 g/mol. The van der Waals surface area contributed by atoms with E-state index in [1.807, 2.05) is 9.58 Å². The Hall–Kier alpha value is -2.71. The van der Waals surface area contributed by atoms with Gasteiger partial charge in [-0.05, 0) is 19.3 Å². The van der Waals surface area contributed by atoms with E-state index in [0.29, 0.717) is 25.2 Å². The van der Waals surface area contributed by atoms with Crippen LogP contribution in [-0.4, -0.2) is 65.8 Å². The maximum atomic E-state index is 12.8.